The quantitative estimate of drug-likeness (QED) is 0.121. The molecule has 0 aliphatic heterocycles. The van der Waals surface area contributed by atoms with Gasteiger partial charge in [0.25, 0.3) is 0 Å². The van der Waals surface area contributed by atoms with E-state index in [1.807, 2.05) is 114 Å². The summed E-state index contributed by atoms with van der Waals surface area (Å²) in [5.41, 5.74) is 17.2. The molecule has 0 saturated carbocycles. The summed E-state index contributed by atoms with van der Waals surface area (Å²) in [6.07, 6.45) is 10.6. The molecule has 13 nitrogen and oxygen atoms in total. The highest BCUT2D eigenvalue weighted by Gasteiger charge is 2.22. The molecule has 406 valence electrons. The summed E-state index contributed by atoms with van der Waals surface area (Å²) in [4.78, 5) is 37.5. The molecule has 0 saturated heterocycles. The minimum Gasteiger partial charge on any atom is -0.455 e. The van der Waals surface area contributed by atoms with E-state index in [1.54, 1.807) is 18.9 Å². The fourth-order valence-corrected chi connectivity index (χ4v) is 12.3. The molecule has 13 heteroatoms. The zero-order chi connectivity index (χ0) is 57.4. The zero-order valence-electron chi connectivity index (χ0n) is 46.3. The van der Waals surface area contributed by atoms with E-state index in [-0.39, 0.29) is 0 Å². The molecule has 17 aromatic rings. The Morgan fingerprint density at radius 2 is 0.770 bits per heavy atom. The second kappa shape index (κ2) is 20.3. The van der Waals surface area contributed by atoms with E-state index in [1.165, 1.54) is 0 Å². The summed E-state index contributed by atoms with van der Waals surface area (Å²) in [5, 5.41) is 11.2. The van der Waals surface area contributed by atoms with E-state index in [0.29, 0.717) is 29.1 Å². The molecule has 17 rings (SSSR count). The summed E-state index contributed by atoms with van der Waals surface area (Å²) in [6, 6.07) is 81.6. The summed E-state index contributed by atoms with van der Waals surface area (Å²) in [7, 11) is 0. The summed E-state index contributed by atoms with van der Waals surface area (Å²) >= 11 is 0. The normalized spacial score (nSPS) is 11.7. The maximum atomic E-state index is 7.17. The fraction of sp³-hybridized carbons (Fsp3) is 0. The number of aromatic nitrogens is 12. The Morgan fingerprint density at radius 1 is 0.322 bits per heavy atom. The standard InChI is InChI=1S/C74H45N12O/c1-4-14-46(15-5-1)70-77-44-79-72(81-70)50-28-31-64-60(40-50)61-42-52(74-76-36-37-84(83-74)53-20-8-3-9-21-53)30-33-65(61)85(64)54-22-10-18-48(38-54)56-24-12-26-58-59-27-13-25-57(69(59)87-68(56)58)49-19-11-23-55(39-49)86-66-32-29-51(41-62(66)63-43-75-35-34-67(63)86)73-80-45-78-71(82-73)47-16-6-2-7-17-47/h1-45H/q+1. The lowest BCUT2D eigenvalue weighted by atomic mass is 9.99. The molecular formula is C74H45N12O+. The Bertz CT molecular complexity index is 5410. The Morgan fingerprint density at radius 3 is 1.30 bits per heavy atom. The molecule has 0 spiro atoms. The molecule has 87 heavy (non-hydrogen) atoms. The number of furan rings is 1. The first-order valence-corrected chi connectivity index (χ1v) is 28.5. The molecule has 0 amide bonds. The van der Waals surface area contributed by atoms with Crippen LogP contribution in [0.1, 0.15) is 0 Å². The monoisotopic (exact) mass is 1120 g/mol. The van der Waals surface area contributed by atoms with Crippen LogP contribution in [0, 0.1) is 0 Å². The second-order valence-corrected chi connectivity index (χ2v) is 21.4. The fourth-order valence-electron chi connectivity index (χ4n) is 12.3. The zero-order valence-corrected chi connectivity index (χ0v) is 46.3. The number of nitrogens with zero attached hydrogens (tertiary/aromatic N) is 12. The minimum atomic E-state index is 0.585. The van der Waals surface area contributed by atoms with Gasteiger partial charge in [-0.25, -0.2) is 34.9 Å². The molecule has 7 heterocycles. The van der Waals surface area contributed by atoms with Gasteiger partial charge >= 0.3 is 0 Å². The van der Waals surface area contributed by atoms with Crippen LogP contribution in [0.4, 0.5) is 0 Å². The van der Waals surface area contributed by atoms with Crippen LogP contribution >= 0.6 is 0 Å². The molecule has 0 aliphatic rings. The third kappa shape index (κ3) is 8.48. The smallest absolute Gasteiger partial charge is 0.238 e. The van der Waals surface area contributed by atoms with Crippen LogP contribution in [0.5, 0.6) is 0 Å². The Labute approximate surface area is 496 Å². The number of hydrogen-bond donors (Lipinski definition) is 0. The van der Waals surface area contributed by atoms with Crippen LogP contribution < -0.4 is 4.68 Å². The number of benzene rings is 10. The van der Waals surface area contributed by atoms with Gasteiger partial charge in [-0.1, -0.05) is 140 Å². The van der Waals surface area contributed by atoms with E-state index in [4.69, 9.17) is 24.5 Å². The van der Waals surface area contributed by atoms with Gasteiger partial charge in [-0.2, -0.15) is 0 Å². The first-order chi connectivity index (χ1) is 43.1. The highest BCUT2D eigenvalue weighted by Crippen LogP contribution is 2.43. The van der Waals surface area contributed by atoms with Gasteiger partial charge in [-0.3, -0.25) is 4.98 Å². The predicted molar refractivity (Wildman–Crippen MR) is 342 cm³/mol. The summed E-state index contributed by atoms with van der Waals surface area (Å²) < 4.78 is 13.7. The largest absolute Gasteiger partial charge is 0.455 e. The van der Waals surface area contributed by atoms with E-state index < -0.39 is 0 Å². The molecule has 0 N–H and O–H groups in total. The first kappa shape index (κ1) is 49.4. The Balaban J connectivity index is 0.762. The van der Waals surface area contributed by atoms with Crippen molar-refractivity contribution < 1.29 is 9.10 Å². The molecule has 0 unspecified atom stereocenters. The van der Waals surface area contributed by atoms with Crippen molar-refractivity contribution in [3.05, 3.63) is 274 Å². The third-order valence-electron chi connectivity index (χ3n) is 16.3. The van der Waals surface area contributed by atoms with Gasteiger partial charge in [0.2, 0.25) is 17.7 Å². The van der Waals surface area contributed by atoms with Crippen molar-refractivity contribution in [2.75, 3.05) is 0 Å². The summed E-state index contributed by atoms with van der Waals surface area (Å²) in [6.45, 7) is 0. The molecule has 0 radical (unpaired) electrons. The van der Waals surface area contributed by atoms with E-state index in [9.17, 15) is 0 Å². The van der Waals surface area contributed by atoms with Gasteiger partial charge in [0.1, 0.15) is 23.8 Å². The van der Waals surface area contributed by atoms with Crippen molar-refractivity contribution in [1.82, 2.24) is 54.1 Å². The van der Waals surface area contributed by atoms with Crippen molar-refractivity contribution in [3.8, 4) is 96.3 Å². The van der Waals surface area contributed by atoms with Crippen molar-refractivity contribution >= 4 is 65.6 Å². The predicted octanol–water partition coefficient (Wildman–Crippen LogP) is 16.3. The molecule has 7 aromatic heterocycles. The van der Waals surface area contributed by atoms with Gasteiger partial charge in [-0.15, -0.1) is 0 Å². The minimum absolute atomic E-state index is 0.585. The molecule has 0 atom stereocenters. The number of hydrogen-bond acceptors (Lipinski definition) is 10. The lowest BCUT2D eigenvalue weighted by Crippen LogP contribution is -2.35. The first-order valence-electron chi connectivity index (χ1n) is 28.5. The number of fused-ring (bicyclic) bond motifs is 9. The van der Waals surface area contributed by atoms with Gasteiger partial charge in [-0.05, 0) is 101 Å². The van der Waals surface area contributed by atoms with Crippen molar-refractivity contribution in [3.63, 3.8) is 0 Å². The molecule has 0 bridgehead atoms. The van der Waals surface area contributed by atoms with E-state index >= 15 is 0 Å². The average Bonchev–Trinajstić information content (AvgIpc) is 1.79. The van der Waals surface area contributed by atoms with Crippen LogP contribution in [0.15, 0.2) is 278 Å². The highest BCUT2D eigenvalue weighted by molar-refractivity contribution is 6.15. The van der Waals surface area contributed by atoms with Gasteiger partial charge < -0.3 is 13.6 Å². The van der Waals surface area contributed by atoms with Crippen molar-refractivity contribution in [2.45, 2.75) is 0 Å². The average molecular weight is 1120 g/mol. The molecular weight excluding hydrogens is 1070 g/mol. The lowest BCUT2D eigenvalue weighted by molar-refractivity contribution is -0.659. The number of para-hydroxylation sites is 3. The van der Waals surface area contributed by atoms with Gasteiger partial charge in [0.15, 0.2) is 23.3 Å². The third-order valence-corrected chi connectivity index (χ3v) is 16.3. The molecule has 0 aliphatic carbocycles. The van der Waals surface area contributed by atoms with Crippen molar-refractivity contribution in [2.24, 2.45) is 0 Å². The Kier molecular flexibility index (Phi) is 11.5. The van der Waals surface area contributed by atoms with E-state index in [0.717, 1.165) is 133 Å². The molecule has 0 fully saturated rings. The van der Waals surface area contributed by atoms with Crippen LogP contribution in [-0.2, 0) is 0 Å². The highest BCUT2D eigenvalue weighted by atomic mass is 16.3. The second-order valence-electron chi connectivity index (χ2n) is 21.4. The van der Waals surface area contributed by atoms with Gasteiger partial charge in [0.05, 0.1) is 28.3 Å². The summed E-state index contributed by atoms with van der Waals surface area (Å²) in [5.74, 6) is 3.03. The topological polar surface area (TPSA) is 143 Å². The molecule has 10 aromatic carbocycles. The lowest BCUT2D eigenvalue weighted by Gasteiger charge is -2.11. The van der Waals surface area contributed by atoms with Crippen LogP contribution in [0.3, 0.4) is 0 Å². The number of pyridine rings is 1. The maximum Gasteiger partial charge on any atom is 0.238 e. The van der Waals surface area contributed by atoms with Crippen LogP contribution in [-0.4, -0.2) is 54.1 Å². The number of rotatable bonds is 10. The maximum absolute atomic E-state index is 7.17. The van der Waals surface area contributed by atoms with Crippen LogP contribution in [0.2, 0.25) is 0 Å². The SMILES string of the molecule is c1ccc(-c2ncnc(-c3ccc4c(c3)c3cnccc3n4-c3cccc(-c4cccc5c4oc4c(-c6cccc(-n7c8ccc(-c9ncnc(-c%10ccccc%10)n9)cc8c8cc(-c9ncc[n+](-c%10ccccc%10)n9)ccc87)c6)cccc45)c3)n2)cc1. The van der Waals surface area contributed by atoms with Crippen molar-refractivity contribution in [1.29, 1.82) is 0 Å². The van der Waals surface area contributed by atoms with Crippen LogP contribution in [0.25, 0.3) is 162 Å². The van der Waals surface area contributed by atoms with Gasteiger partial charge in [0, 0.05) is 112 Å². The Hall–Kier alpha value is -12.2. The van der Waals surface area contributed by atoms with E-state index in [2.05, 4.69) is 180 Å².